The van der Waals surface area contributed by atoms with Crippen LogP contribution in [-0.4, -0.2) is 0 Å². The van der Waals surface area contributed by atoms with Gasteiger partial charge in [0.2, 0.25) is 11.5 Å². The zero-order valence-electron chi connectivity index (χ0n) is 22.1. The highest BCUT2D eigenvalue weighted by atomic mass is 16.6. The molecule has 0 aliphatic heterocycles. The highest BCUT2D eigenvalue weighted by Crippen LogP contribution is 2.48. The Kier molecular flexibility index (Phi) is 7.77. The van der Waals surface area contributed by atoms with Gasteiger partial charge in [-0.25, -0.2) is 0 Å². The summed E-state index contributed by atoms with van der Waals surface area (Å²) in [5.74, 6) is 5.36. The van der Waals surface area contributed by atoms with Crippen LogP contribution < -0.4 is 23.7 Å². The molecule has 0 bridgehead atoms. The molecule has 0 unspecified atom stereocenters. The van der Waals surface area contributed by atoms with Crippen molar-refractivity contribution >= 4 is 0 Å². The zero-order valence-corrected chi connectivity index (χ0v) is 22.1. The third-order valence-electron chi connectivity index (χ3n) is 5.97. The van der Waals surface area contributed by atoms with Crippen molar-refractivity contribution in [1.29, 1.82) is 0 Å². The maximum absolute atomic E-state index is 6.53. The van der Waals surface area contributed by atoms with Crippen LogP contribution in [0.1, 0.15) is 0 Å². The Morgan fingerprint density at radius 2 is 0.488 bits per heavy atom. The van der Waals surface area contributed by atoms with Crippen LogP contribution in [0.5, 0.6) is 57.5 Å². The molecule has 0 aromatic heterocycles. The number of hydrogen-bond donors (Lipinski definition) is 0. The maximum Gasteiger partial charge on any atom is 0.212 e. The summed E-state index contributed by atoms with van der Waals surface area (Å²) in [7, 11) is 0. The van der Waals surface area contributed by atoms with E-state index in [1.54, 1.807) is 0 Å². The van der Waals surface area contributed by atoms with Crippen LogP contribution in [0.15, 0.2) is 158 Å². The van der Waals surface area contributed by atoms with Crippen molar-refractivity contribution in [3.8, 4) is 57.5 Å². The lowest BCUT2D eigenvalue weighted by molar-refractivity contribution is 0.365. The highest BCUT2D eigenvalue weighted by Gasteiger charge is 2.20. The molecule has 6 rings (SSSR count). The molecule has 0 heterocycles. The molecular formula is C36H26O5. The highest BCUT2D eigenvalue weighted by molar-refractivity contribution is 5.60. The zero-order chi connectivity index (χ0) is 27.7. The van der Waals surface area contributed by atoms with E-state index in [1.807, 2.05) is 158 Å². The number of rotatable bonds is 10. The van der Waals surface area contributed by atoms with Gasteiger partial charge < -0.3 is 23.7 Å². The van der Waals surface area contributed by atoms with Gasteiger partial charge in [-0.05, 0) is 72.8 Å². The smallest absolute Gasteiger partial charge is 0.212 e. The van der Waals surface area contributed by atoms with Gasteiger partial charge in [0.25, 0.3) is 0 Å². The van der Waals surface area contributed by atoms with Crippen LogP contribution in [0.25, 0.3) is 0 Å². The van der Waals surface area contributed by atoms with Crippen LogP contribution in [0, 0.1) is 0 Å². The topological polar surface area (TPSA) is 46.2 Å². The first-order chi connectivity index (χ1) is 20.3. The minimum absolute atomic E-state index is 0.419. The van der Waals surface area contributed by atoms with Gasteiger partial charge in [0.05, 0.1) is 0 Å². The summed E-state index contributed by atoms with van der Waals surface area (Å²) < 4.78 is 31.7. The van der Waals surface area contributed by atoms with Crippen LogP contribution in [0.2, 0.25) is 0 Å². The van der Waals surface area contributed by atoms with E-state index in [1.165, 1.54) is 0 Å². The lowest BCUT2D eigenvalue weighted by atomic mass is 10.2. The van der Waals surface area contributed by atoms with Crippen LogP contribution in [0.3, 0.4) is 0 Å². The van der Waals surface area contributed by atoms with E-state index in [-0.39, 0.29) is 0 Å². The standard InChI is InChI=1S/C36H26O5/c1-5-15-27(16-6-1)37-31-23-13-25-33(35(31)39-29-19-9-3-10-20-29)41-34-26-14-24-32(38-28-17-7-2-8-18-28)36(34)40-30-21-11-4-12-22-30/h1-26H. The Hall–Kier alpha value is -5.68. The third kappa shape index (κ3) is 6.49. The number of para-hydroxylation sites is 6. The first kappa shape index (κ1) is 25.6. The van der Waals surface area contributed by atoms with E-state index in [2.05, 4.69) is 0 Å². The second-order valence-corrected chi connectivity index (χ2v) is 8.93. The molecule has 200 valence electrons. The van der Waals surface area contributed by atoms with E-state index in [9.17, 15) is 0 Å². The fourth-order valence-electron chi connectivity index (χ4n) is 4.08. The van der Waals surface area contributed by atoms with Gasteiger partial charge in [-0.15, -0.1) is 0 Å². The second-order valence-electron chi connectivity index (χ2n) is 8.93. The largest absolute Gasteiger partial charge is 0.453 e. The number of ether oxygens (including phenoxy) is 5. The molecule has 6 aromatic rings. The summed E-state index contributed by atoms with van der Waals surface area (Å²) >= 11 is 0. The van der Waals surface area contributed by atoms with Crippen molar-refractivity contribution < 1.29 is 23.7 Å². The van der Waals surface area contributed by atoms with Gasteiger partial charge in [0, 0.05) is 0 Å². The quantitative estimate of drug-likeness (QED) is 0.174. The van der Waals surface area contributed by atoms with E-state index in [0.29, 0.717) is 57.5 Å². The summed E-state index contributed by atoms with van der Waals surface area (Å²) in [6.45, 7) is 0. The molecule has 0 saturated heterocycles. The molecule has 0 saturated carbocycles. The predicted molar refractivity (Wildman–Crippen MR) is 159 cm³/mol. The molecule has 0 atom stereocenters. The molecule has 0 amide bonds. The lowest BCUT2D eigenvalue weighted by Crippen LogP contribution is -1.97. The normalized spacial score (nSPS) is 10.4. The Morgan fingerprint density at radius 3 is 0.805 bits per heavy atom. The Morgan fingerprint density at radius 1 is 0.220 bits per heavy atom. The summed E-state index contributed by atoms with van der Waals surface area (Å²) in [4.78, 5) is 0. The Labute approximate surface area is 238 Å². The van der Waals surface area contributed by atoms with Crippen molar-refractivity contribution in [1.82, 2.24) is 0 Å². The number of hydrogen-bond acceptors (Lipinski definition) is 5. The van der Waals surface area contributed by atoms with Crippen molar-refractivity contribution in [3.05, 3.63) is 158 Å². The fourth-order valence-corrected chi connectivity index (χ4v) is 4.08. The van der Waals surface area contributed by atoms with Crippen LogP contribution in [-0.2, 0) is 0 Å². The van der Waals surface area contributed by atoms with Crippen molar-refractivity contribution in [2.45, 2.75) is 0 Å². The summed E-state index contributed by atoms with van der Waals surface area (Å²) in [5, 5.41) is 0. The van der Waals surface area contributed by atoms with Gasteiger partial charge in [0.15, 0.2) is 23.0 Å². The third-order valence-corrected chi connectivity index (χ3v) is 5.97. The van der Waals surface area contributed by atoms with Crippen molar-refractivity contribution in [2.75, 3.05) is 0 Å². The maximum atomic E-state index is 6.53. The molecule has 6 aromatic carbocycles. The van der Waals surface area contributed by atoms with E-state index in [4.69, 9.17) is 23.7 Å². The molecule has 0 spiro atoms. The minimum atomic E-state index is 0.419. The Balaban J connectivity index is 1.41. The van der Waals surface area contributed by atoms with Crippen LogP contribution >= 0.6 is 0 Å². The molecule has 0 N–H and O–H groups in total. The van der Waals surface area contributed by atoms with Crippen molar-refractivity contribution in [2.24, 2.45) is 0 Å². The minimum Gasteiger partial charge on any atom is -0.453 e. The van der Waals surface area contributed by atoms with Gasteiger partial charge in [0.1, 0.15) is 23.0 Å². The summed E-state index contributed by atoms with van der Waals surface area (Å²) in [6.07, 6.45) is 0. The molecule has 0 aliphatic rings. The van der Waals surface area contributed by atoms with Gasteiger partial charge >= 0.3 is 0 Å². The molecular weight excluding hydrogens is 512 g/mol. The van der Waals surface area contributed by atoms with E-state index < -0.39 is 0 Å². The summed E-state index contributed by atoms with van der Waals surface area (Å²) in [5.41, 5.74) is 0. The van der Waals surface area contributed by atoms with Gasteiger partial charge in [-0.3, -0.25) is 0 Å². The summed E-state index contributed by atoms with van der Waals surface area (Å²) in [6, 6.07) is 49.1. The van der Waals surface area contributed by atoms with E-state index in [0.717, 1.165) is 0 Å². The first-order valence-corrected chi connectivity index (χ1v) is 13.2. The monoisotopic (exact) mass is 538 g/mol. The fraction of sp³-hybridized carbons (Fsp3) is 0. The second kappa shape index (κ2) is 12.5. The van der Waals surface area contributed by atoms with Gasteiger partial charge in [-0.2, -0.15) is 0 Å². The molecule has 5 nitrogen and oxygen atoms in total. The molecule has 0 aliphatic carbocycles. The predicted octanol–water partition coefficient (Wildman–Crippen LogP) is 10.6. The van der Waals surface area contributed by atoms with E-state index >= 15 is 0 Å². The SMILES string of the molecule is c1ccc(Oc2cccc(Oc3cccc(Oc4ccccc4)c3Oc3ccccc3)c2Oc2ccccc2)cc1. The first-order valence-electron chi connectivity index (χ1n) is 13.2. The molecule has 0 radical (unpaired) electrons. The Bertz CT molecular complexity index is 1560. The van der Waals surface area contributed by atoms with Crippen molar-refractivity contribution in [3.63, 3.8) is 0 Å². The molecule has 5 heteroatoms. The van der Waals surface area contributed by atoms with Gasteiger partial charge in [-0.1, -0.05) is 84.9 Å². The molecule has 0 fully saturated rings. The average molecular weight is 539 g/mol. The number of benzene rings is 6. The average Bonchev–Trinajstić information content (AvgIpc) is 3.02. The molecule has 41 heavy (non-hydrogen) atoms. The lowest BCUT2D eigenvalue weighted by Gasteiger charge is -2.19. The van der Waals surface area contributed by atoms with Crippen LogP contribution in [0.4, 0.5) is 0 Å².